The number of halogens is 1. The molecule has 0 bridgehead atoms. The molecule has 0 spiro atoms. The van der Waals surface area contributed by atoms with Crippen LogP contribution in [0.2, 0.25) is 5.02 Å². The number of aryl methyl sites for hydroxylation is 1. The van der Waals surface area contributed by atoms with Crippen LogP contribution < -0.4 is 52.0 Å². The van der Waals surface area contributed by atoms with Gasteiger partial charge in [0.25, 0.3) is 0 Å². The Balaban J connectivity index is 0.794. The number of aromatic nitrogens is 19. The van der Waals surface area contributed by atoms with E-state index in [1.165, 1.54) is 6.33 Å². The van der Waals surface area contributed by atoms with Crippen molar-refractivity contribution >= 4 is 137 Å². The first-order valence-electron chi connectivity index (χ1n) is 31.8. The number of rotatable bonds is 13. The maximum absolute atomic E-state index is 7.66. The fourth-order valence-electron chi connectivity index (χ4n) is 14.3. The number of benzene rings is 5. The van der Waals surface area contributed by atoms with Crippen LogP contribution in [0.4, 0.5) is 23.3 Å². The summed E-state index contributed by atoms with van der Waals surface area (Å²) in [5, 5.41) is 34.3. The van der Waals surface area contributed by atoms with Crippen LogP contribution in [0.3, 0.4) is 0 Å². The van der Waals surface area contributed by atoms with Gasteiger partial charge in [-0.3, -0.25) is 0 Å². The first kappa shape index (κ1) is 58.7. The Morgan fingerprint density at radius 3 is 1.90 bits per heavy atom. The highest BCUT2D eigenvalue weighted by Gasteiger charge is 2.38. The van der Waals surface area contributed by atoms with Crippen molar-refractivity contribution in [1.82, 2.24) is 84.3 Å². The number of piperidine rings is 1. The van der Waals surface area contributed by atoms with Crippen LogP contribution in [0.5, 0.6) is 5.75 Å². The topological polar surface area (TPSA) is 320 Å². The van der Waals surface area contributed by atoms with Gasteiger partial charge < -0.3 is 47.9 Å². The number of ether oxygens (including phenoxy) is 1. The Hall–Kier alpha value is -11.1. The van der Waals surface area contributed by atoms with Gasteiger partial charge in [0.2, 0.25) is 53.4 Å². The third-order valence-electron chi connectivity index (χ3n) is 19.3. The minimum atomic E-state index is -0.663. The summed E-state index contributed by atoms with van der Waals surface area (Å²) in [6.07, 6.45) is 6.30. The van der Waals surface area contributed by atoms with E-state index in [1.54, 1.807) is 19.8 Å². The van der Waals surface area contributed by atoms with Gasteiger partial charge in [-0.25, -0.2) is 33.0 Å². The molecular formula is C69H67ClN24OP+3. The predicted molar refractivity (Wildman–Crippen MR) is 377 cm³/mol. The lowest BCUT2D eigenvalue weighted by atomic mass is 9.92. The highest BCUT2D eigenvalue weighted by atomic mass is 35.5. The van der Waals surface area contributed by atoms with E-state index < -0.39 is 12.3 Å². The van der Waals surface area contributed by atoms with Gasteiger partial charge in [0, 0.05) is 62.3 Å². The van der Waals surface area contributed by atoms with Crippen LogP contribution >= 0.6 is 20.8 Å². The van der Waals surface area contributed by atoms with Gasteiger partial charge in [-0.2, -0.15) is 29.8 Å². The first-order chi connectivity index (χ1) is 46.6. The van der Waals surface area contributed by atoms with E-state index in [1.807, 2.05) is 96.6 Å². The molecule has 1 saturated heterocycles. The zero-order valence-electron chi connectivity index (χ0n) is 53.2. The minimum absolute atomic E-state index is 0.00403. The SMILES string of the molecule is COc1ccc2[nH]c(-c3nn(C(C)[n+]4cnc5c(c(-c6cc7c(Cl)cccc7[nH]6)nn5C(C)[n+]5cnc6c(c(-c7cc8c(C)cccc8[nH]7)nn6C(C)C)c5N)c4N)c4nc[n+](C5CNCCC5Cn5nc(-c6ccc7cc(P)ccc7c6)c6c(N)ncnc65)c(N)c34)cc2c1. The van der Waals surface area contributed by atoms with Gasteiger partial charge in [-0.1, -0.05) is 69.0 Å². The molecule has 12 N–H and O–H groups in total. The van der Waals surface area contributed by atoms with Crippen molar-refractivity contribution in [2.45, 2.75) is 72.0 Å². The van der Waals surface area contributed by atoms with Crippen molar-refractivity contribution in [1.29, 1.82) is 0 Å². The quantitative estimate of drug-likeness (QED) is 0.0393. The number of fused-ring (bicyclic) bond motifs is 8. The smallest absolute Gasteiger partial charge is 0.244 e. The van der Waals surface area contributed by atoms with E-state index in [0.717, 1.165) is 95.7 Å². The van der Waals surface area contributed by atoms with Crippen molar-refractivity contribution in [2.24, 2.45) is 5.92 Å². The molecule has 5 aromatic carbocycles. The molecule has 0 amide bonds. The molecule has 0 radical (unpaired) electrons. The largest absolute Gasteiger partial charge is 0.497 e. The van der Waals surface area contributed by atoms with E-state index in [0.29, 0.717) is 108 Å². The average Bonchev–Trinajstić information content (AvgIpc) is 1.57. The number of nitrogens with one attached hydrogen (secondary N) is 4. The van der Waals surface area contributed by atoms with E-state index in [9.17, 15) is 0 Å². The second kappa shape index (κ2) is 22.3. The van der Waals surface area contributed by atoms with Crippen LogP contribution in [-0.4, -0.2) is 99.2 Å². The predicted octanol–water partition coefficient (Wildman–Crippen LogP) is 9.55. The number of nitrogen functional groups attached to an aromatic ring is 4. The van der Waals surface area contributed by atoms with E-state index >= 15 is 0 Å². The number of H-pyrrole nitrogens is 3. The van der Waals surface area contributed by atoms with Gasteiger partial charge in [0.1, 0.15) is 56.8 Å². The number of methoxy groups -OCH3 is 1. The molecule has 1 aliphatic heterocycles. The molecule has 5 unspecified atom stereocenters. The maximum Gasteiger partial charge on any atom is 0.244 e. The molecule has 96 heavy (non-hydrogen) atoms. The third-order valence-corrected chi connectivity index (χ3v) is 20.0. The number of nitrogens with two attached hydrogens (primary N) is 4. The third kappa shape index (κ3) is 9.19. The summed E-state index contributed by atoms with van der Waals surface area (Å²) in [5.74, 6) is 2.34. The fraction of sp³-hybridized carbons (Fsp3) is 0.217. The second-order valence-electron chi connectivity index (χ2n) is 25.3. The lowest BCUT2D eigenvalue weighted by Gasteiger charge is -2.31. The average molecular weight is 1310 g/mol. The number of aromatic amines is 3. The van der Waals surface area contributed by atoms with Gasteiger partial charge in [0.15, 0.2) is 18.0 Å². The Labute approximate surface area is 554 Å². The van der Waals surface area contributed by atoms with E-state index in [-0.39, 0.29) is 18.0 Å². The summed E-state index contributed by atoms with van der Waals surface area (Å²) in [6.45, 7) is 12.1. The standard InChI is InChI=1S/C69H64ClN24OP/c1-33(2)92-67-55(60(85-92)51-25-44-34(3)9-7-11-48(44)82-51)63(72)88(30-78-67)35(4)93-68-56(61(87-93)52-26-45-46(70)10-8-12-49(45)83-52)64(73)89(31-79-68)36(5)94-69-57(59(86-94)50-24-41-22-42(95-6)16-18-47(41)81-50)65(74)90(32-80-69)53-27-75-20-19-40(53)28-91-66-54(62(71)76-29-77-66)58(84-91)39-14-13-38-23-43(96)17-15-37(38)21-39/h7-18,21-26,29-33,35-36,40,53,72-75H,19-20,27-28,96H2,1-6H3,(H5,71,76,77,81,82,83,84,85,86,87)/p+3. The Morgan fingerprint density at radius 2 is 1.21 bits per heavy atom. The van der Waals surface area contributed by atoms with Crippen molar-refractivity contribution in [3.63, 3.8) is 0 Å². The minimum Gasteiger partial charge on any atom is -0.497 e. The van der Waals surface area contributed by atoms with Gasteiger partial charge in [0.05, 0.1) is 41.7 Å². The van der Waals surface area contributed by atoms with Gasteiger partial charge in [-0.15, -0.1) is 9.24 Å². The monoisotopic (exact) mass is 1310 g/mol. The second-order valence-corrected chi connectivity index (χ2v) is 26.4. The fourth-order valence-corrected chi connectivity index (χ4v) is 14.8. The first-order valence-corrected chi connectivity index (χ1v) is 32.8. The lowest BCUT2D eigenvalue weighted by Crippen LogP contribution is -2.54. The molecule has 27 heteroatoms. The number of anilines is 4. The molecule has 1 aliphatic rings. The van der Waals surface area contributed by atoms with Gasteiger partial charge >= 0.3 is 0 Å². The Morgan fingerprint density at radius 1 is 0.594 bits per heavy atom. The summed E-state index contributed by atoms with van der Waals surface area (Å²) >= 11 is 6.88. The van der Waals surface area contributed by atoms with Crippen LogP contribution in [0.1, 0.15) is 64.1 Å². The summed E-state index contributed by atoms with van der Waals surface area (Å²) < 4.78 is 19.1. The highest BCUT2D eigenvalue weighted by molar-refractivity contribution is 7.27. The molecule has 12 heterocycles. The Kier molecular flexibility index (Phi) is 13.6. The van der Waals surface area contributed by atoms with Crippen LogP contribution in [0, 0.1) is 12.8 Å². The van der Waals surface area contributed by atoms with E-state index in [2.05, 4.69) is 120 Å². The number of hydrogen-bond acceptors (Lipinski definition) is 15. The molecule has 17 rings (SSSR count). The summed E-state index contributed by atoms with van der Waals surface area (Å²) in [5.41, 5.74) is 41.2. The normalized spacial score (nSPS) is 15.3. The summed E-state index contributed by atoms with van der Waals surface area (Å²) in [7, 11) is 4.43. The Bertz CT molecular complexity index is 5870. The maximum atomic E-state index is 7.66. The zero-order valence-corrected chi connectivity index (χ0v) is 55.2. The molecule has 11 aromatic heterocycles. The highest BCUT2D eigenvalue weighted by Crippen LogP contribution is 2.40. The molecule has 16 aromatic rings. The van der Waals surface area contributed by atoms with Crippen LogP contribution in [-0.2, 0) is 6.54 Å². The number of hydrogen-bond donors (Lipinski definition) is 8. The van der Waals surface area contributed by atoms with Crippen molar-refractivity contribution in [3.05, 3.63) is 145 Å². The summed E-state index contributed by atoms with van der Waals surface area (Å²) in [4.78, 5) is 35.7. The molecule has 478 valence electrons. The summed E-state index contributed by atoms with van der Waals surface area (Å²) in [6, 6.07) is 36.5. The molecular weight excluding hydrogens is 1250 g/mol. The molecule has 1 fully saturated rings. The molecule has 0 aliphatic carbocycles. The lowest BCUT2D eigenvalue weighted by molar-refractivity contribution is -0.718. The van der Waals surface area contributed by atoms with Crippen molar-refractivity contribution < 1.29 is 18.4 Å². The van der Waals surface area contributed by atoms with Crippen LogP contribution in [0.25, 0.3) is 133 Å². The van der Waals surface area contributed by atoms with Gasteiger partial charge in [-0.05, 0) is 136 Å². The number of nitrogens with zero attached hydrogens (tertiary/aromatic N) is 16. The molecule has 0 saturated carbocycles. The molecule has 5 atom stereocenters. The molecule has 25 nitrogen and oxygen atoms in total. The van der Waals surface area contributed by atoms with Crippen LogP contribution in [0.15, 0.2) is 135 Å². The van der Waals surface area contributed by atoms with Crippen molar-refractivity contribution in [2.75, 3.05) is 43.1 Å². The zero-order chi connectivity index (χ0) is 65.7. The van der Waals surface area contributed by atoms with E-state index in [4.69, 9.17) is 79.6 Å². The van der Waals surface area contributed by atoms with Crippen molar-refractivity contribution in [3.8, 4) is 51.2 Å².